The third kappa shape index (κ3) is 2.58. The number of benzene rings is 1. The Kier molecular flexibility index (Phi) is 4.10. The maximum Gasteiger partial charge on any atom is 0.339 e. The molecule has 2 N–H and O–H groups in total. The lowest BCUT2D eigenvalue weighted by Crippen LogP contribution is -2.45. The number of allylic oxidation sites excluding steroid dienone is 2. The summed E-state index contributed by atoms with van der Waals surface area (Å²) >= 11 is 0. The molecule has 130 valence electrons. The van der Waals surface area contributed by atoms with Gasteiger partial charge in [0.15, 0.2) is 0 Å². The monoisotopic (exact) mass is 330 g/mol. The number of phenols is 1. The summed E-state index contributed by atoms with van der Waals surface area (Å²) in [4.78, 5) is 11.7. The lowest BCUT2D eigenvalue weighted by molar-refractivity contribution is 0.00743. The molecule has 3 rings (SSSR count). The van der Waals surface area contributed by atoms with Crippen LogP contribution < -0.4 is 4.74 Å². The van der Waals surface area contributed by atoms with Crippen LogP contribution in [0.1, 0.15) is 74.4 Å². The largest absolute Gasteiger partial charge is 0.507 e. The summed E-state index contributed by atoms with van der Waals surface area (Å²) in [6.07, 6.45) is 5.39. The molecule has 4 nitrogen and oxygen atoms in total. The number of carboxylic acid groups (broad SMARTS) is 1. The zero-order chi connectivity index (χ0) is 17.6. The third-order valence-corrected chi connectivity index (χ3v) is 5.50. The average Bonchev–Trinajstić information content (AvgIpc) is 2.45. The van der Waals surface area contributed by atoms with Gasteiger partial charge in [-0.25, -0.2) is 4.79 Å². The van der Waals surface area contributed by atoms with Crippen LogP contribution in [-0.2, 0) is 6.42 Å². The quantitative estimate of drug-likeness (QED) is 0.791. The predicted molar refractivity (Wildman–Crippen MR) is 93.0 cm³/mol. The molecule has 0 saturated carbocycles. The Bertz CT molecular complexity index is 715. The van der Waals surface area contributed by atoms with Gasteiger partial charge >= 0.3 is 5.97 Å². The lowest BCUT2D eigenvalue weighted by Gasteiger charge is -2.47. The van der Waals surface area contributed by atoms with Crippen molar-refractivity contribution >= 4 is 5.97 Å². The number of hydrogen-bond donors (Lipinski definition) is 2. The van der Waals surface area contributed by atoms with Crippen LogP contribution >= 0.6 is 0 Å². The van der Waals surface area contributed by atoms with Gasteiger partial charge < -0.3 is 14.9 Å². The van der Waals surface area contributed by atoms with Crippen LogP contribution in [-0.4, -0.2) is 21.8 Å². The molecule has 1 aromatic carbocycles. The molecule has 1 aliphatic carbocycles. The van der Waals surface area contributed by atoms with E-state index in [4.69, 9.17) is 4.74 Å². The van der Waals surface area contributed by atoms with Gasteiger partial charge in [0.25, 0.3) is 0 Å². The first kappa shape index (κ1) is 16.9. The highest BCUT2D eigenvalue weighted by atomic mass is 16.5. The highest BCUT2D eigenvalue weighted by Gasteiger charge is 2.46. The molecule has 0 bridgehead atoms. The van der Waals surface area contributed by atoms with E-state index in [1.165, 1.54) is 5.57 Å². The van der Waals surface area contributed by atoms with Crippen LogP contribution in [0.3, 0.4) is 0 Å². The second kappa shape index (κ2) is 5.83. The smallest absolute Gasteiger partial charge is 0.339 e. The van der Waals surface area contributed by atoms with E-state index in [9.17, 15) is 15.0 Å². The summed E-state index contributed by atoms with van der Waals surface area (Å²) in [5, 5.41) is 20.4. The van der Waals surface area contributed by atoms with E-state index in [0.717, 1.165) is 19.3 Å². The Morgan fingerprint density at radius 3 is 2.75 bits per heavy atom. The third-order valence-electron chi connectivity index (χ3n) is 5.50. The second-order valence-corrected chi connectivity index (χ2v) is 7.64. The van der Waals surface area contributed by atoms with Crippen molar-refractivity contribution in [3.8, 4) is 11.5 Å². The van der Waals surface area contributed by atoms with E-state index in [-0.39, 0.29) is 28.7 Å². The van der Waals surface area contributed by atoms with Crippen molar-refractivity contribution in [1.82, 2.24) is 0 Å². The number of carboxylic acids is 1. The number of aromatic hydroxyl groups is 1. The maximum atomic E-state index is 11.7. The highest BCUT2D eigenvalue weighted by Crippen LogP contribution is 2.55. The maximum absolute atomic E-state index is 11.7. The normalized spacial score (nSPS) is 24.4. The van der Waals surface area contributed by atoms with Gasteiger partial charge in [-0.05, 0) is 51.7 Å². The fourth-order valence-electron chi connectivity index (χ4n) is 4.36. The van der Waals surface area contributed by atoms with E-state index in [1.807, 2.05) is 13.0 Å². The topological polar surface area (TPSA) is 66.8 Å². The number of aryl methyl sites for hydroxylation is 1. The van der Waals surface area contributed by atoms with Crippen molar-refractivity contribution in [1.29, 1.82) is 0 Å². The fourth-order valence-corrected chi connectivity index (χ4v) is 4.36. The number of rotatable bonds is 3. The number of aromatic carboxylic acids is 1. The van der Waals surface area contributed by atoms with Gasteiger partial charge in [-0.1, -0.05) is 25.0 Å². The zero-order valence-electron chi connectivity index (χ0n) is 14.8. The predicted octanol–water partition coefficient (Wildman–Crippen LogP) is 4.65. The van der Waals surface area contributed by atoms with Crippen LogP contribution in [0.15, 0.2) is 17.7 Å². The molecule has 24 heavy (non-hydrogen) atoms. The van der Waals surface area contributed by atoms with Crippen LogP contribution in [0.4, 0.5) is 0 Å². The molecule has 2 aliphatic rings. The molecule has 0 aromatic heterocycles. The molecule has 1 aliphatic heterocycles. The minimum Gasteiger partial charge on any atom is -0.507 e. The molecule has 0 fully saturated rings. The first-order valence-electron chi connectivity index (χ1n) is 8.73. The van der Waals surface area contributed by atoms with Crippen molar-refractivity contribution in [2.24, 2.45) is 5.92 Å². The van der Waals surface area contributed by atoms with Crippen LogP contribution in [0.2, 0.25) is 0 Å². The molecular formula is C20H26O4. The van der Waals surface area contributed by atoms with Gasteiger partial charge in [-0.15, -0.1) is 0 Å². The van der Waals surface area contributed by atoms with Crippen molar-refractivity contribution in [2.75, 3.05) is 0 Å². The van der Waals surface area contributed by atoms with Crippen LogP contribution in [0, 0.1) is 5.92 Å². The summed E-state index contributed by atoms with van der Waals surface area (Å²) in [7, 11) is 0. The molecule has 0 saturated heterocycles. The molecule has 0 unspecified atom stereocenters. The van der Waals surface area contributed by atoms with Gasteiger partial charge in [0, 0.05) is 17.4 Å². The molecule has 1 heterocycles. The first-order valence-corrected chi connectivity index (χ1v) is 8.73. The van der Waals surface area contributed by atoms with E-state index in [2.05, 4.69) is 26.8 Å². The molecule has 0 spiro atoms. The number of ether oxygens (including phenoxy) is 1. The fraction of sp³-hybridized carbons (Fsp3) is 0.550. The molecule has 4 heteroatoms. The van der Waals surface area contributed by atoms with E-state index in [1.54, 1.807) is 0 Å². The Labute approximate surface area is 143 Å². The summed E-state index contributed by atoms with van der Waals surface area (Å²) in [5.74, 6) is -0.172. The summed E-state index contributed by atoms with van der Waals surface area (Å²) in [6.45, 7) is 8.27. The first-order chi connectivity index (χ1) is 11.3. The molecular weight excluding hydrogens is 304 g/mol. The Balaban J connectivity index is 2.23. The van der Waals surface area contributed by atoms with Gasteiger partial charge in [-0.3, -0.25) is 0 Å². The van der Waals surface area contributed by atoms with Gasteiger partial charge in [0.05, 0.1) is 0 Å². The van der Waals surface area contributed by atoms with Crippen molar-refractivity contribution in [3.05, 3.63) is 34.4 Å². The zero-order valence-corrected chi connectivity index (χ0v) is 14.8. The lowest BCUT2D eigenvalue weighted by atomic mass is 9.67. The second-order valence-electron chi connectivity index (χ2n) is 7.64. The molecule has 2 atom stereocenters. The number of carbonyl (C=O) groups is 1. The highest BCUT2D eigenvalue weighted by molar-refractivity contribution is 5.94. The summed E-state index contributed by atoms with van der Waals surface area (Å²) in [5.41, 5.74) is 2.33. The molecule has 0 radical (unpaired) electrons. The van der Waals surface area contributed by atoms with Crippen LogP contribution in [0.25, 0.3) is 0 Å². The van der Waals surface area contributed by atoms with E-state index >= 15 is 0 Å². The van der Waals surface area contributed by atoms with E-state index in [0.29, 0.717) is 23.3 Å². The Morgan fingerprint density at radius 1 is 1.42 bits per heavy atom. The summed E-state index contributed by atoms with van der Waals surface area (Å²) in [6, 6.07) is 1.84. The number of hydrogen-bond acceptors (Lipinski definition) is 3. The summed E-state index contributed by atoms with van der Waals surface area (Å²) < 4.78 is 6.24. The van der Waals surface area contributed by atoms with Crippen molar-refractivity contribution < 1.29 is 19.7 Å². The molecule has 1 aromatic rings. The minimum absolute atomic E-state index is 0.0462. The minimum atomic E-state index is -1.07. The van der Waals surface area contributed by atoms with Crippen molar-refractivity contribution in [2.45, 2.75) is 64.9 Å². The van der Waals surface area contributed by atoms with E-state index < -0.39 is 5.97 Å². The average molecular weight is 330 g/mol. The van der Waals surface area contributed by atoms with Gasteiger partial charge in [0.2, 0.25) is 0 Å². The standard InChI is InChI=1S/C20H26O4/c1-5-6-12-10-15-17(18(21)16(12)19(22)23)13-9-11(2)7-8-14(13)20(3,4)24-15/h7,10,13-14,21H,5-6,8-9H2,1-4H3,(H,22,23)/t13-,14-/m1/s1. The van der Waals surface area contributed by atoms with Crippen molar-refractivity contribution in [3.63, 3.8) is 0 Å². The number of fused-ring (bicyclic) bond motifs is 3. The SMILES string of the molecule is CCCc1cc2c(c(O)c1C(=O)O)[C@@H]1CC(C)=CC[C@H]1C(C)(C)O2. The van der Waals surface area contributed by atoms with Gasteiger partial charge in [0.1, 0.15) is 22.7 Å². The Morgan fingerprint density at radius 2 is 2.12 bits per heavy atom. The van der Waals surface area contributed by atoms with Crippen LogP contribution in [0.5, 0.6) is 11.5 Å². The van der Waals surface area contributed by atoms with Gasteiger partial charge in [-0.2, -0.15) is 0 Å². The molecule has 0 amide bonds. The Hall–Kier alpha value is -1.97.